The van der Waals surface area contributed by atoms with Gasteiger partial charge in [0.05, 0.1) is 17.0 Å². The molecule has 1 unspecified atom stereocenters. The number of nitrogens with one attached hydrogen (secondary N) is 1. The van der Waals surface area contributed by atoms with Crippen molar-refractivity contribution in [3.8, 4) is 5.75 Å². The lowest BCUT2D eigenvalue weighted by Gasteiger charge is -2.16. The van der Waals surface area contributed by atoms with E-state index in [-0.39, 0.29) is 17.3 Å². The van der Waals surface area contributed by atoms with Crippen LogP contribution < -0.4 is 10.1 Å². The Labute approximate surface area is 112 Å². The van der Waals surface area contributed by atoms with E-state index in [9.17, 15) is 4.79 Å². The normalized spacial score (nSPS) is 18.9. The molecule has 1 N–H and O–H groups in total. The zero-order valence-electron chi connectivity index (χ0n) is 10.8. The van der Waals surface area contributed by atoms with E-state index in [1.807, 2.05) is 38.1 Å². The second kappa shape index (κ2) is 6.14. The molecule has 18 heavy (non-hydrogen) atoms. The maximum Gasteiger partial charge on any atom is 0.237 e. The van der Waals surface area contributed by atoms with E-state index in [0.717, 1.165) is 30.0 Å². The smallest absolute Gasteiger partial charge is 0.237 e. The summed E-state index contributed by atoms with van der Waals surface area (Å²) in [6.07, 6.45) is 2.21. The maximum atomic E-state index is 12.1. The Morgan fingerprint density at radius 2 is 2.22 bits per heavy atom. The van der Waals surface area contributed by atoms with Crippen LogP contribution in [0.25, 0.3) is 0 Å². The summed E-state index contributed by atoms with van der Waals surface area (Å²) in [5.74, 6) is 1.92. The van der Waals surface area contributed by atoms with E-state index in [1.54, 1.807) is 11.8 Å². The number of carbonyl (C=O) groups is 1. The minimum absolute atomic E-state index is 0.0945. The monoisotopic (exact) mass is 265 g/mol. The summed E-state index contributed by atoms with van der Waals surface area (Å²) in [6, 6.07) is 7.59. The largest absolute Gasteiger partial charge is 0.489 e. The van der Waals surface area contributed by atoms with Gasteiger partial charge in [-0.2, -0.15) is 0 Å². The summed E-state index contributed by atoms with van der Waals surface area (Å²) < 4.78 is 5.69. The summed E-state index contributed by atoms with van der Waals surface area (Å²) in [7, 11) is 0. The van der Waals surface area contributed by atoms with E-state index in [4.69, 9.17) is 4.74 Å². The fourth-order valence-electron chi connectivity index (χ4n) is 1.92. The molecule has 1 atom stereocenters. The zero-order chi connectivity index (χ0) is 13.0. The number of benzene rings is 1. The molecule has 98 valence electrons. The molecule has 3 nitrogen and oxygen atoms in total. The van der Waals surface area contributed by atoms with Gasteiger partial charge in [0.1, 0.15) is 5.75 Å². The fraction of sp³-hybridized carbons (Fsp3) is 0.500. The Morgan fingerprint density at radius 1 is 1.44 bits per heavy atom. The average molecular weight is 265 g/mol. The molecule has 1 saturated heterocycles. The number of hydrogen-bond donors (Lipinski definition) is 1. The summed E-state index contributed by atoms with van der Waals surface area (Å²) in [5, 5.41) is 3.07. The van der Waals surface area contributed by atoms with Crippen molar-refractivity contribution in [1.29, 1.82) is 0 Å². The van der Waals surface area contributed by atoms with Gasteiger partial charge >= 0.3 is 0 Å². The average Bonchev–Trinajstić information content (AvgIpc) is 2.84. The highest BCUT2D eigenvalue weighted by atomic mass is 32.2. The number of rotatable bonds is 4. The van der Waals surface area contributed by atoms with Crippen molar-refractivity contribution < 1.29 is 9.53 Å². The third-order valence-electron chi connectivity index (χ3n) is 2.73. The van der Waals surface area contributed by atoms with Gasteiger partial charge in [0.2, 0.25) is 5.91 Å². The molecule has 4 heteroatoms. The third-order valence-corrected chi connectivity index (χ3v) is 4.11. The number of para-hydroxylation sites is 2. The Kier molecular flexibility index (Phi) is 4.53. The SMILES string of the molecule is CC(C)Oc1ccccc1NC(=O)C1CCCS1. The molecule has 0 radical (unpaired) electrons. The van der Waals surface area contributed by atoms with Crippen LogP contribution in [0.3, 0.4) is 0 Å². The Bertz CT molecular complexity index is 414. The van der Waals surface area contributed by atoms with E-state index in [2.05, 4.69) is 5.32 Å². The highest BCUT2D eigenvalue weighted by Gasteiger charge is 2.24. The van der Waals surface area contributed by atoms with Crippen molar-refractivity contribution in [2.24, 2.45) is 0 Å². The zero-order valence-corrected chi connectivity index (χ0v) is 11.6. The molecule has 1 heterocycles. The van der Waals surface area contributed by atoms with E-state index >= 15 is 0 Å². The molecule has 0 saturated carbocycles. The first-order chi connectivity index (χ1) is 8.66. The van der Waals surface area contributed by atoms with Gasteiger partial charge in [-0.25, -0.2) is 0 Å². The van der Waals surface area contributed by atoms with Crippen molar-refractivity contribution in [2.75, 3.05) is 11.1 Å². The third kappa shape index (κ3) is 3.42. The van der Waals surface area contributed by atoms with Crippen LogP contribution in [0, 0.1) is 0 Å². The number of amides is 1. The van der Waals surface area contributed by atoms with Crippen molar-refractivity contribution in [1.82, 2.24) is 0 Å². The quantitative estimate of drug-likeness (QED) is 0.907. The van der Waals surface area contributed by atoms with Crippen molar-refractivity contribution >= 4 is 23.4 Å². The molecule has 1 aliphatic rings. The second-order valence-corrected chi connectivity index (χ2v) is 5.96. The number of carbonyl (C=O) groups excluding carboxylic acids is 1. The number of thioether (sulfide) groups is 1. The molecule has 1 aliphatic heterocycles. The van der Waals surface area contributed by atoms with Crippen molar-refractivity contribution in [2.45, 2.75) is 38.0 Å². The van der Waals surface area contributed by atoms with Gasteiger partial charge in [-0.3, -0.25) is 4.79 Å². The van der Waals surface area contributed by atoms with Crippen molar-refractivity contribution in [3.63, 3.8) is 0 Å². The maximum absolute atomic E-state index is 12.1. The summed E-state index contributed by atoms with van der Waals surface area (Å²) in [6.45, 7) is 3.96. The first-order valence-electron chi connectivity index (χ1n) is 6.35. The van der Waals surface area contributed by atoms with Crippen LogP contribution in [0.1, 0.15) is 26.7 Å². The summed E-state index contributed by atoms with van der Waals surface area (Å²) in [4.78, 5) is 12.1. The fourth-order valence-corrected chi connectivity index (χ4v) is 3.09. The van der Waals surface area contributed by atoms with Gasteiger partial charge < -0.3 is 10.1 Å². The molecule has 0 bridgehead atoms. The summed E-state index contributed by atoms with van der Waals surface area (Å²) in [5.41, 5.74) is 0.767. The number of hydrogen-bond acceptors (Lipinski definition) is 3. The van der Waals surface area contributed by atoms with E-state index < -0.39 is 0 Å². The molecule has 0 aliphatic carbocycles. The van der Waals surface area contributed by atoms with Gasteiger partial charge in [0.25, 0.3) is 0 Å². The van der Waals surface area contributed by atoms with E-state index in [0.29, 0.717) is 0 Å². The molecular weight excluding hydrogens is 246 g/mol. The highest BCUT2D eigenvalue weighted by molar-refractivity contribution is 8.00. The van der Waals surface area contributed by atoms with Gasteiger partial charge in [-0.1, -0.05) is 12.1 Å². The lowest BCUT2D eigenvalue weighted by Crippen LogP contribution is -2.23. The van der Waals surface area contributed by atoms with Crippen LogP contribution in [0.15, 0.2) is 24.3 Å². The Morgan fingerprint density at radius 3 is 2.89 bits per heavy atom. The Hall–Kier alpha value is -1.16. The molecule has 1 aromatic carbocycles. The first kappa shape index (κ1) is 13.3. The van der Waals surface area contributed by atoms with Crippen molar-refractivity contribution in [3.05, 3.63) is 24.3 Å². The summed E-state index contributed by atoms with van der Waals surface area (Å²) >= 11 is 1.74. The van der Waals surface area contributed by atoms with Crippen LogP contribution in [-0.2, 0) is 4.79 Å². The predicted molar refractivity (Wildman–Crippen MR) is 76.3 cm³/mol. The van der Waals surface area contributed by atoms with Gasteiger partial charge in [-0.15, -0.1) is 11.8 Å². The number of anilines is 1. The molecule has 1 aromatic rings. The van der Waals surface area contributed by atoms with Crippen LogP contribution in [-0.4, -0.2) is 23.0 Å². The standard InChI is InChI=1S/C14H19NO2S/c1-10(2)17-12-7-4-3-6-11(12)15-14(16)13-8-5-9-18-13/h3-4,6-7,10,13H,5,8-9H2,1-2H3,(H,15,16). The molecular formula is C14H19NO2S. The Balaban J connectivity index is 2.05. The number of ether oxygens (including phenoxy) is 1. The topological polar surface area (TPSA) is 38.3 Å². The molecule has 0 aromatic heterocycles. The van der Waals surface area contributed by atoms with Crippen LogP contribution in [0.5, 0.6) is 5.75 Å². The van der Waals surface area contributed by atoms with Crippen LogP contribution in [0.2, 0.25) is 0 Å². The predicted octanol–water partition coefficient (Wildman–Crippen LogP) is 3.31. The molecule has 0 spiro atoms. The minimum atomic E-state index is 0.0945. The van der Waals surface area contributed by atoms with E-state index in [1.165, 1.54) is 0 Å². The lowest BCUT2D eigenvalue weighted by atomic mass is 10.2. The van der Waals surface area contributed by atoms with Crippen LogP contribution >= 0.6 is 11.8 Å². The molecule has 1 fully saturated rings. The van der Waals surface area contributed by atoms with Gasteiger partial charge in [0, 0.05) is 0 Å². The van der Waals surface area contributed by atoms with Gasteiger partial charge in [-0.05, 0) is 44.6 Å². The first-order valence-corrected chi connectivity index (χ1v) is 7.40. The van der Waals surface area contributed by atoms with Gasteiger partial charge in [0.15, 0.2) is 0 Å². The molecule has 2 rings (SSSR count). The molecule has 1 amide bonds. The minimum Gasteiger partial charge on any atom is -0.489 e. The lowest BCUT2D eigenvalue weighted by molar-refractivity contribution is -0.115. The second-order valence-electron chi connectivity index (χ2n) is 4.65. The highest BCUT2D eigenvalue weighted by Crippen LogP contribution is 2.30. The van der Waals surface area contributed by atoms with Crippen LogP contribution in [0.4, 0.5) is 5.69 Å².